The minimum Gasteiger partial charge on any atom is -0.464 e. The second-order valence-electron chi connectivity index (χ2n) is 5.74. The highest BCUT2D eigenvalue weighted by Crippen LogP contribution is 2.25. The smallest absolute Gasteiger partial charge is 0.323 e. The molecular weight excluding hydrogens is 266 g/mol. The summed E-state index contributed by atoms with van der Waals surface area (Å²) in [5, 5.41) is 6.64. The molecule has 1 aliphatic rings. The molecule has 2 atom stereocenters. The Morgan fingerprint density at radius 2 is 1.95 bits per heavy atom. The van der Waals surface area contributed by atoms with Crippen LogP contribution in [0, 0.1) is 5.92 Å². The molecule has 1 aromatic heterocycles. The summed E-state index contributed by atoms with van der Waals surface area (Å²) in [6.07, 6.45) is 5.97. The van der Waals surface area contributed by atoms with Gasteiger partial charge >= 0.3 is 6.01 Å². The fourth-order valence-corrected chi connectivity index (χ4v) is 2.68. The summed E-state index contributed by atoms with van der Waals surface area (Å²) in [6.45, 7) is 7.74. The first-order valence-corrected chi connectivity index (χ1v) is 8.10. The van der Waals surface area contributed by atoms with Crippen molar-refractivity contribution in [2.75, 3.05) is 23.8 Å². The molecule has 1 heterocycles. The Hall–Kier alpha value is -1.59. The lowest BCUT2D eigenvalue weighted by Gasteiger charge is -2.27. The third kappa shape index (κ3) is 5.02. The van der Waals surface area contributed by atoms with Gasteiger partial charge in [0.2, 0.25) is 11.9 Å². The van der Waals surface area contributed by atoms with E-state index in [0.29, 0.717) is 30.6 Å². The van der Waals surface area contributed by atoms with Crippen LogP contribution in [0.4, 0.5) is 11.9 Å². The van der Waals surface area contributed by atoms with Crippen LogP contribution in [0.3, 0.4) is 0 Å². The Kier molecular flexibility index (Phi) is 6.02. The zero-order valence-electron chi connectivity index (χ0n) is 13.4. The Morgan fingerprint density at radius 3 is 2.67 bits per heavy atom. The number of hydrogen-bond donors (Lipinski definition) is 2. The zero-order chi connectivity index (χ0) is 15.1. The first-order chi connectivity index (χ1) is 10.2. The molecule has 1 aliphatic carbocycles. The van der Waals surface area contributed by atoms with E-state index in [2.05, 4.69) is 39.4 Å². The van der Waals surface area contributed by atoms with Crippen LogP contribution in [0.25, 0.3) is 0 Å². The van der Waals surface area contributed by atoms with Gasteiger partial charge in [-0.15, -0.1) is 0 Å². The lowest BCUT2D eigenvalue weighted by molar-refractivity contribution is 0.311. The average molecular weight is 293 g/mol. The standard InChI is InChI=1S/C15H27N5O/c1-4-9-16-13-18-14(20-15(19-13)21-5-2)17-12-8-6-7-11(3)10-12/h11-12H,4-10H2,1-3H3,(H2,16,17,18,19,20). The molecule has 0 aliphatic heterocycles. The molecule has 21 heavy (non-hydrogen) atoms. The topological polar surface area (TPSA) is 72.0 Å². The molecule has 0 saturated heterocycles. The van der Waals surface area contributed by atoms with Crippen molar-refractivity contribution in [3.8, 4) is 6.01 Å². The van der Waals surface area contributed by atoms with Crippen LogP contribution in [0.2, 0.25) is 0 Å². The van der Waals surface area contributed by atoms with Gasteiger partial charge < -0.3 is 15.4 Å². The predicted octanol–water partition coefficient (Wildman–Crippen LogP) is 3.08. The van der Waals surface area contributed by atoms with Crippen molar-refractivity contribution in [3.05, 3.63) is 0 Å². The van der Waals surface area contributed by atoms with Crippen LogP contribution in [-0.2, 0) is 0 Å². The Morgan fingerprint density at radius 1 is 1.14 bits per heavy atom. The lowest BCUT2D eigenvalue weighted by Crippen LogP contribution is -2.27. The van der Waals surface area contributed by atoms with Crippen molar-refractivity contribution in [2.24, 2.45) is 5.92 Å². The summed E-state index contributed by atoms with van der Waals surface area (Å²) in [4.78, 5) is 13.1. The molecule has 0 amide bonds. The SMILES string of the molecule is CCCNc1nc(NC2CCCC(C)C2)nc(OCC)n1. The number of rotatable bonds is 7. The van der Waals surface area contributed by atoms with Crippen LogP contribution < -0.4 is 15.4 Å². The van der Waals surface area contributed by atoms with Gasteiger partial charge in [-0.2, -0.15) is 15.0 Å². The van der Waals surface area contributed by atoms with Crippen LogP contribution in [-0.4, -0.2) is 34.1 Å². The summed E-state index contributed by atoms with van der Waals surface area (Å²) in [5.41, 5.74) is 0. The highest BCUT2D eigenvalue weighted by atomic mass is 16.5. The summed E-state index contributed by atoms with van der Waals surface area (Å²) in [5.74, 6) is 1.97. The van der Waals surface area contributed by atoms with Gasteiger partial charge in [-0.25, -0.2) is 0 Å². The quantitative estimate of drug-likeness (QED) is 0.805. The van der Waals surface area contributed by atoms with E-state index in [1.165, 1.54) is 25.7 Å². The van der Waals surface area contributed by atoms with Crippen LogP contribution >= 0.6 is 0 Å². The number of ether oxygens (including phenoxy) is 1. The van der Waals surface area contributed by atoms with E-state index in [9.17, 15) is 0 Å². The van der Waals surface area contributed by atoms with E-state index in [4.69, 9.17) is 4.74 Å². The van der Waals surface area contributed by atoms with Gasteiger partial charge in [0.05, 0.1) is 6.61 Å². The van der Waals surface area contributed by atoms with Gasteiger partial charge in [0.1, 0.15) is 0 Å². The van der Waals surface area contributed by atoms with E-state index >= 15 is 0 Å². The largest absolute Gasteiger partial charge is 0.464 e. The third-order valence-corrected chi connectivity index (χ3v) is 3.69. The molecule has 1 aromatic rings. The van der Waals surface area contributed by atoms with E-state index in [1.54, 1.807) is 0 Å². The minimum atomic E-state index is 0.387. The molecule has 1 saturated carbocycles. The van der Waals surface area contributed by atoms with Crippen molar-refractivity contribution in [1.29, 1.82) is 0 Å². The van der Waals surface area contributed by atoms with Crippen molar-refractivity contribution in [3.63, 3.8) is 0 Å². The highest BCUT2D eigenvalue weighted by Gasteiger charge is 2.20. The van der Waals surface area contributed by atoms with E-state index in [0.717, 1.165) is 18.9 Å². The fourth-order valence-electron chi connectivity index (χ4n) is 2.68. The van der Waals surface area contributed by atoms with Gasteiger partial charge in [-0.1, -0.05) is 26.7 Å². The van der Waals surface area contributed by atoms with E-state index < -0.39 is 0 Å². The molecule has 0 radical (unpaired) electrons. The number of nitrogens with one attached hydrogen (secondary N) is 2. The van der Waals surface area contributed by atoms with Gasteiger partial charge in [-0.05, 0) is 32.1 Å². The number of aromatic nitrogens is 3. The van der Waals surface area contributed by atoms with Gasteiger partial charge in [0.25, 0.3) is 0 Å². The van der Waals surface area contributed by atoms with Crippen molar-refractivity contribution in [1.82, 2.24) is 15.0 Å². The fraction of sp³-hybridized carbons (Fsp3) is 0.800. The Balaban J connectivity index is 2.06. The van der Waals surface area contributed by atoms with Gasteiger partial charge in [-0.3, -0.25) is 0 Å². The zero-order valence-corrected chi connectivity index (χ0v) is 13.4. The molecule has 6 nitrogen and oxygen atoms in total. The number of anilines is 2. The summed E-state index contributed by atoms with van der Waals surface area (Å²) >= 11 is 0. The second kappa shape index (κ2) is 8.00. The van der Waals surface area contributed by atoms with Crippen molar-refractivity contribution in [2.45, 2.75) is 58.9 Å². The van der Waals surface area contributed by atoms with Crippen molar-refractivity contribution >= 4 is 11.9 Å². The molecule has 2 N–H and O–H groups in total. The highest BCUT2D eigenvalue weighted by molar-refractivity contribution is 5.36. The average Bonchev–Trinajstić information content (AvgIpc) is 2.45. The van der Waals surface area contributed by atoms with Crippen molar-refractivity contribution < 1.29 is 4.74 Å². The number of nitrogens with zero attached hydrogens (tertiary/aromatic N) is 3. The first-order valence-electron chi connectivity index (χ1n) is 8.10. The first kappa shape index (κ1) is 15.8. The molecule has 0 spiro atoms. The molecular formula is C15H27N5O. The predicted molar refractivity (Wildman–Crippen MR) is 84.8 cm³/mol. The van der Waals surface area contributed by atoms with Gasteiger partial charge in [0, 0.05) is 12.6 Å². The summed E-state index contributed by atoms with van der Waals surface area (Å²) in [7, 11) is 0. The molecule has 6 heteroatoms. The monoisotopic (exact) mass is 293 g/mol. The van der Waals surface area contributed by atoms with Crippen LogP contribution in [0.1, 0.15) is 52.9 Å². The number of hydrogen-bond acceptors (Lipinski definition) is 6. The van der Waals surface area contributed by atoms with E-state index in [-0.39, 0.29) is 0 Å². The second-order valence-corrected chi connectivity index (χ2v) is 5.74. The van der Waals surface area contributed by atoms with E-state index in [1.807, 2.05) is 6.92 Å². The van der Waals surface area contributed by atoms with Gasteiger partial charge in [0.15, 0.2) is 0 Å². The van der Waals surface area contributed by atoms with Crippen LogP contribution in [0.15, 0.2) is 0 Å². The van der Waals surface area contributed by atoms with Crippen LogP contribution in [0.5, 0.6) is 6.01 Å². The lowest BCUT2D eigenvalue weighted by atomic mass is 9.87. The summed E-state index contributed by atoms with van der Waals surface area (Å²) in [6, 6.07) is 0.835. The maximum absolute atomic E-state index is 5.44. The molecule has 2 unspecified atom stereocenters. The molecule has 0 aromatic carbocycles. The Bertz CT molecular complexity index is 440. The maximum atomic E-state index is 5.44. The maximum Gasteiger partial charge on any atom is 0.323 e. The molecule has 118 valence electrons. The Labute approximate surface area is 127 Å². The third-order valence-electron chi connectivity index (χ3n) is 3.69. The molecule has 2 rings (SSSR count). The normalized spacial score (nSPS) is 21.9. The molecule has 0 bridgehead atoms. The minimum absolute atomic E-state index is 0.387. The molecule has 1 fully saturated rings. The summed E-state index contributed by atoms with van der Waals surface area (Å²) < 4.78 is 5.44.